The number of hydrogen-bond acceptors (Lipinski definition) is 4. The van der Waals surface area contributed by atoms with E-state index in [-0.39, 0.29) is 24.2 Å². The van der Waals surface area contributed by atoms with Gasteiger partial charge in [-0.3, -0.25) is 4.90 Å². The molecule has 0 radical (unpaired) electrons. The SMILES string of the molecule is CC(O)C(C)(C)CN1CCOCC1CO. The second-order valence-electron chi connectivity index (χ2n) is 5.05. The minimum Gasteiger partial charge on any atom is -0.395 e. The van der Waals surface area contributed by atoms with Crippen LogP contribution in [0, 0.1) is 5.41 Å². The molecule has 1 aliphatic heterocycles. The Labute approximate surface area is 91.8 Å². The van der Waals surface area contributed by atoms with Gasteiger partial charge in [0.1, 0.15) is 0 Å². The monoisotopic (exact) mass is 217 g/mol. The van der Waals surface area contributed by atoms with E-state index in [0.717, 1.165) is 13.1 Å². The zero-order valence-electron chi connectivity index (χ0n) is 9.94. The Bertz CT molecular complexity index is 194. The summed E-state index contributed by atoms with van der Waals surface area (Å²) < 4.78 is 5.31. The molecule has 1 rings (SSSR count). The van der Waals surface area contributed by atoms with E-state index >= 15 is 0 Å². The maximum atomic E-state index is 9.65. The van der Waals surface area contributed by atoms with Crippen molar-refractivity contribution in [1.82, 2.24) is 4.90 Å². The van der Waals surface area contributed by atoms with Gasteiger partial charge in [0.15, 0.2) is 0 Å². The number of nitrogens with zero attached hydrogens (tertiary/aromatic N) is 1. The van der Waals surface area contributed by atoms with E-state index in [1.54, 1.807) is 0 Å². The topological polar surface area (TPSA) is 52.9 Å². The minimum atomic E-state index is -0.348. The average molecular weight is 217 g/mol. The molecule has 1 fully saturated rings. The first-order chi connectivity index (χ1) is 6.97. The molecule has 2 N–H and O–H groups in total. The van der Waals surface area contributed by atoms with Crippen LogP contribution in [-0.4, -0.2) is 60.2 Å². The molecule has 4 nitrogen and oxygen atoms in total. The van der Waals surface area contributed by atoms with Gasteiger partial charge in [0.25, 0.3) is 0 Å². The molecule has 15 heavy (non-hydrogen) atoms. The zero-order chi connectivity index (χ0) is 11.5. The van der Waals surface area contributed by atoms with E-state index in [4.69, 9.17) is 4.74 Å². The van der Waals surface area contributed by atoms with E-state index in [0.29, 0.717) is 13.2 Å². The highest BCUT2D eigenvalue weighted by atomic mass is 16.5. The molecule has 0 aromatic rings. The fraction of sp³-hybridized carbons (Fsp3) is 1.00. The summed E-state index contributed by atoms with van der Waals surface area (Å²) in [5.41, 5.74) is -0.148. The molecule has 0 saturated carbocycles. The quantitative estimate of drug-likeness (QED) is 0.700. The first-order valence-electron chi connectivity index (χ1n) is 5.58. The normalized spacial score (nSPS) is 26.6. The Hall–Kier alpha value is -0.160. The molecule has 0 spiro atoms. The van der Waals surface area contributed by atoms with E-state index in [1.807, 2.05) is 20.8 Å². The van der Waals surface area contributed by atoms with Crippen LogP contribution < -0.4 is 0 Å². The molecular formula is C11H23NO3. The van der Waals surface area contributed by atoms with Crippen LogP contribution in [0.15, 0.2) is 0 Å². The third-order valence-corrected chi connectivity index (χ3v) is 3.30. The molecule has 1 saturated heterocycles. The predicted octanol–water partition coefficient (Wildman–Crippen LogP) is 0.0865. The molecule has 2 atom stereocenters. The van der Waals surface area contributed by atoms with Crippen molar-refractivity contribution >= 4 is 0 Å². The Morgan fingerprint density at radius 3 is 2.73 bits per heavy atom. The lowest BCUT2D eigenvalue weighted by molar-refractivity contribution is -0.0575. The van der Waals surface area contributed by atoms with Gasteiger partial charge < -0.3 is 14.9 Å². The number of rotatable bonds is 4. The fourth-order valence-electron chi connectivity index (χ4n) is 1.72. The molecular weight excluding hydrogens is 194 g/mol. The Kier molecular flexibility index (Phi) is 4.52. The van der Waals surface area contributed by atoms with Crippen LogP contribution in [-0.2, 0) is 4.74 Å². The number of hydrogen-bond donors (Lipinski definition) is 2. The second-order valence-corrected chi connectivity index (χ2v) is 5.05. The van der Waals surface area contributed by atoms with Crippen LogP contribution >= 0.6 is 0 Å². The van der Waals surface area contributed by atoms with Crippen molar-refractivity contribution in [3.05, 3.63) is 0 Å². The third kappa shape index (κ3) is 3.41. The molecule has 0 aliphatic carbocycles. The largest absolute Gasteiger partial charge is 0.395 e. The smallest absolute Gasteiger partial charge is 0.0644 e. The number of aliphatic hydroxyl groups is 2. The standard InChI is InChI=1S/C11H23NO3/c1-9(14)11(2,3)8-12-4-5-15-7-10(12)6-13/h9-10,13-14H,4-8H2,1-3H3. The lowest BCUT2D eigenvalue weighted by atomic mass is 9.86. The predicted molar refractivity (Wildman–Crippen MR) is 58.7 cm³/mol. The van der Waals surface area contributed by atoms with Gasteiger partial charge in [-0.15, -0.1) is 0 Å². The highest BCUT2D eigenvalue weighted by Crippen LogP contribution is 2.23. The summed E-state index contributed by atoms with van der Waals surface area (Å²) in [4.78, 5) is 2.20. The maximum Gasteiger partial charge on any atom is 0.0644 e. The van der Waals surface area contributed by atoms with Gasteiger partial charge in [-0.1, -0.05) is 13.8 Å². The van der Waals surface area contributed by atoms with Crippen LogP contribution in [0.1, 0.15) is 20.8 Å². The lowest BCUT2D eigenvalue weighted by Gasteiger charge is -2.40. The molecule has 0 bridgehead atoms. The van der Waals surface area contributed by atoms with E-state index in [9.17, 15) is 10.2 Å². The first-order valence-corrected chi connectivity index (χ1v) is 5.58. The summed E-state index contributed by atoms with van der Waals surface area (Å²) >= 11 is 0. The molecule has 0 aromatic heterocycles. The summed E-state index contributed by atoms with van der Waals surface area (Å²) in [5, 5.41) is 18.9. The van der Waals surface area contributed by atoms with Crippen LogP contribution in [0.3, 0.4) is 0 Å². The Balaban J connectivity index is 2.54. The van der Waals surface area contributed by atoms with E-state index in [2.05, 4.69) is 4.90 Å². The van der Waals surface area contributed by atoms with Crippen LogP contribution in [0.25, 0.3) is 0 Å². The van der Waals surface area contributed by atoms with Crippen LogP contribution in [0.5, 0.6) is 0 Å². The van der Waals surface area contributed by atoms with Gasteiger partial charge >= 0.3 is 0 Å². The van der Waals surface area contributed by atoms with E-state index in [1.165, 1.54) is 0 Å². The van der Waals surface area contributed by atoms with E-state index < -0.39 is 0 Å². The summed E-state index contributed by atoms with van der Waals surface area (Å²) in [6.45, 7) is 8.95. The van der Waals surface area contributed by atoms with Gasteiger partial charge in [0.05, 0.1) is 32.0 Å². The van der Waals surface area contributed by atoms with Crippen molar-refractivity contribution in [3.8, 4) is 0 Å². The summed E-state index contributed by atoms with van der Waals surface area (Å²) in [5.74, 6) is 0. The minimum absolute atomic E-state index is 0.0803. The van der Waals surface area contributed by atoms with Crippen molar-refractivity contribution in [3.63, 3.8) is 0 Å². The van der Waals surface area contributed by atoms with Crippen molar-refractivity contribution in [2.75, 3.05) is 32.9 Å². The van der Waals surface area contributed by atoms with Crippen molar-refractivity contribution in [2.24, 2.45) is 5.41 Å². The molecule has 4 heteroatoms. The number of ether oxygens (including phenoxy) is 1. The van der Waals surface area contributed by atoms with Gasteiger partial charge in [-0.05, 0) is 6.92 Å². The molecule has 2 unspecified atom stereocenters. The first kappa shape index (κ1) is 12.9. The Morgan fingerprint density at radius 1 is 1.53 bits per heavy atom. The average Bonchev–Trinajstić information content (AvgIpc) is 2.18. The lowest BCUT2D eigenvalue weighted by Crippen LogP contribution is -2.52. The van der Waals surface area contributed by atoms with Gasteiger partial charge in [-0.25, -0.2) is 0 Å². The molecule has 1 heterocycles. The maximum absolute atomic E-state index is 9.65. The van der Waals surface area contributed by atoms with Crippen molar-refractivity contribution < 1.29 is 14.9 Å². The summed E-state index contributed by atoms with van der Waals surface area (Å²) in [6.07, 6.45) is -0.348. The Morgan fingerprint density at radius 2 is 2.20 bits per heavy atom. The molecule has 1 aliphatic rings. The molecule has 0 aromatic carbocycles. The van der Waals surface area contributed by atoms with Crippen molar-refractivity contribution in [1.29, 1.82) is 0 Å². The zero-order valence-corrected chi connectivity index (χ0v) is 9.94. The van der Waals surface area contributed by atoms with Crippen molar-refractivity contribution in [2.45, 2.75) is 32.9 Å². The third-order valence-electron chi connectivity index (χ3n) is 3.30. The van der Waals surface area contributed by atoms with Crippen LogP contribution in [0.4, 0.5) is 0 Å². The highest BCUT2D eigenvalue weighted by molar-refractivity contribution is 4.83. The number of aliphatic hydroxyl groups excluding tert-OH is 2. The van der Waals surface area contributed by atoms with Gasteiger partial charge in [0, 0.05) is 18.5 Å². The molecule has 0 amide bonds. The summed E-state index contributed by atoms with van der Waals surface area (Å²) in [6, 6.07) is 0.0803. The summed E-state index contributed by atoms with van der Waals surface area (Å²) in [7, 11) is 0. The fourth-order valence-corrected chi connectivity index (χ4v) is 1.72. The number of morpholine rings is 1. The second kappa shape index (κ2) is 5.25. The van der Waals surface area contributed by atoms with Gasteiger partial charge in [-0.2, -0.15) is 0 Å². The highest BCUT2D eigenvalue weighted by Gasteiger charge is 2.31. The van der Waals surface area contributed by atoms with Crippen LogP contribution in [0.2, 0.25) is 0 Å². The van der Waals surface area contributed by atoms with Gasteiger partial charge in [0.2, 0.25) is 0 Å². The molecule has 90 valence electrons.